The molecule has 0 unspecified atom stereocenters. The van der Waals surface area contributed by atoms with Crippen LogP contribution in [0.5, 0.6) is 0 Å². The van der Waals surface area contributed by atoms with E-state index in [1.807, 2.05) is 0 Å². The first-order chi connectivity index (χ1) is 13.0. The van der Waals surface area contributed by atoms with E-state index < -0.39 is 6.03 Å². The Kier molecular flexibility index (Phi) is 6.30. The Balaban J connectivity index is 1.47. The molecule has 8 nitrogen and oxygen atoms in total. The maximum absolute atomic E-state index is 13.1. The van der Waals surface area contributed by atoms with Crippen molar-refractivity contribution < 1.29 is 18.7 Å². The van der Waals surface area contributed by atoms with E-state index in [1.54, 1.807) is 19.2 Å². The molecule has 1 aliphatic rings. The van der Waals surface area contributed by atoms with Gasteiger partial charge in [-0.05, 0) is 30.5 Å². The second-order valence-electron chi connectivity index (χ2n) is 6.15. The van der Waals surface area contributed by atoms with Crippen LogP contribution in [0.2, 0.25) is 0 Å². The maximum Gasteiger partial charge on any atom is 0.321 e. The third-order valence-electron chi connectivity index (χ3n) is 3.99. The minimum Gasteiger partial charge on any atom is -0.368 e. The summed E-state index contributed by atoms with van der Waals surface area (Å²) < 4.78 is 22.7. The van der Waals surface area contributed by atoms with Crippen molar-refractivity contribution in [3.8, 4) is 0 Å². The number of carbonyl (C=O) groups excluding carboxylic acids is 2. The van der Waals surface area contributed by atoms with Crippen molar-refractivity contribution in [1.82, 2.24) is 19.6 Å². The molecule has 0 radical (unpaired) electrons. The number of aromatic nitrogens is 2. The Hall–Kier alpha value is -2.59. The minimum atomic E-state index is -0.467. The fraction of sp³-hybridized carbons (Fsp3) is 0.412. The van der Waals surface area contributed by atoms with Gasteiger partial charge in [0, 0.05) is 31.7 Å². The van der Waals surface area contributed by atoms with Crippen LogP contribution in [0.25, 0.3) is 0 Å². The Bertz CT molecular complexity index is 809. The smallest absolute Gasteiger partial charge is 0.321 e. The molecule has 1 aliphatic heterocycles. The third kappa shape index (κ3) is 5.44. The van der Waals surface area contributed by atoms with Gasteiger partial charge in [-0.3, -0.25) is 10.1 Å². The van der Waals surface area contributed by atoms with Crippen molar-refractivity contribution >= 4 is 28.6 Å². The first kappa shape index (κ1) is 19.2. The second kappa shape index (κ2) is 8.87. The van der Waals surface area contributed by atoms with E-state index in [1.165, 1.54) is 17.0 Å². The topological polar surface area (TPSA) is 96.5 Å². The van der Waals surface area contributed by atoms with Gasteiger partial charge in [-0.15, -0.1) is 0 Å². The molecule has 2 heterocycles. The summed E-state index contributed by atoms with van der Waals surface area (Å²) >= 11 is 1.03. The Morgan fingerprint density at radius 2 is 2.30 bits per heavy atom. The fourth-order valence-electron chi connectivity index (χ4n) is 2.65. The molecule has 0 aliphatic carbocycles. The van der Waals surface area contributed by atoms with Gasteiger partial charge in [-0.1, -0.05) is 12.1 Å². The highest BCUT2D eigenvalue weighted by Gasteiger charge is 2.27. The van der Waals surface area contributed by atoms with Crippen LogP contribution in [0.1, 0.15) is 24.2 Å². The van der Waals surface area contributed by atoms with E-state index in [0.717, 1.165) is 24.4 Å². The summed E-state index contributed by atoms with van der Waals surface area (Å²) in [6, 6.07) is 5.52. The SMILES string of the molecule is CN(Cc1nsc(NC(=O)NCc2cccc(F)c2)n1)C(=O)[C@H]1CCCO1. The van der Waals surface area contributed by atoms with E-state index in [4.69, 9.17) is 4.74 Å². The number of amides is 3. The number of urea groups is 1. The lowest BCUT2D eigenvalue weighted by atomic mass is 10.2. The zero-order valence-corrected chi connectivity index (χ0v) is 15.6. The molecule has 3 amide bonds. The van der Waals surface area contributed by atoms with Gasteiger partial charge in [0.05, 0.1) is 6.54 Å². The summed E-state index contributed by atoms with van der Waals surface area (Å²) in [6.07, 6.45) is 1.23. The number of nitrogens with zero attached hydrogens (tertiary/aromatic N) is 3. The van der Waals surface area contributed by atoms with Crippen LogP contribution < -0.4 is 10.6 Å². The largest absolute Gasteiger partial charge is 0.368 e. The summed E-state index contributed by atoms with van der Waals surface area (Å²) in [7, 11) is 1.67. The van der Waals surface area contributed by atoms with E-state index in [0.29, 0.717) is 23.1 Å². The lowest BCUT2D eigenvalue weighted by Gasteiger charge is -2.18. The third-order valence-corrected chi connectivity index (χ3v) is 4.66. The molecule has 144 valence electrons. The zero-order chi connectivity index (χ0) is 19.2. The summed E-state index contributed by atoms with van der Waals surface area (Å²) in [5.41, 5.74) is 0.650. The number of benzene rings is 1. The van der Waals surface area contributed by atoms with Gasteiger partial charge >= 0.3 is 6.03 Å². The average Bonchev–Trinajstić information content (AvgIpc) is 3.31. The van der Waals surface area contributed by atoms with Crippen molar-refractivity contribution in [1.29, 1.82) is 0 Å². The van der Waals surface area contributed by atoms with E-state index in [-0.39, 0.29) is 30.9 Å². The molecule has 1 fully saturated rings. The van der Waals surface area contributed by atoms with Gasteiger partial charge in [-0.25, -0.2) is 14.2 Å². The molecular weight excluding hydrogens is 373 g/mol. The number of rotatable bonds is 6. The highest BCUT2D eigenvalue weighted by molar-refractivity contribution is 7.09. The molecule has 0 spiro atoms. The summed E-state index contributed by atoms with van der Waals surface area (Å²) in [5.74, 6) is -0.0101. The second-order valence-corrected chi connectivity index (χ2v) is 6.90. The highest BCUT2D eigenvalue weighted by atomic mass is 32.1. The number of halogens is 1. The molecule has 10 heteroatoms. The Morgan fingerprint density at radius 3 is 3.04 bits per heavy atom. The van der Waals surface area contributed by atoms with Crippen molar-refractivity contribution in [2.75, 3.05) is 19.0 Å². The first-order valence-corrected chi connectivity index (χ1v) is 9.27. The monoisotopic (exact) mass is 393 g/mol. The van der Waals surface area contributed by atoms with Crippen molar-refractivity contribution in [2.24, 2.45) is 0 Å². The number of carbonyl (C=O) groups is 2. The predicted octanol–water partition coefficient (Wildman–Crippen LogP) is 2.14. The lowest BCUT2D eigenvalue weighted by Crippen LogP contribution is -2.35. The zero-order valence-electron chi connectivity index (χ0n) is 14.8. The Labute approximate surface area is 159 Å². The molecule has 2 N–H and O–H groups in total. The fourth-order valence-corrected chi connectivity index (χ4v) is 3.22. The van der Waals surface area contributed by atoms with Gasteiger partial charge in [-0.2, -0.15) is 4.37 Å². The Morgan fingerprint density at radius 1 is 1.44 bits per heavy atom. The average molecular weight is 393 g/mol. The molecule has 2 aromatic rings. The lowest BCUT2D eigenvalue weighted by molar-refractivity contribution is -0.140. The summed E-state index contributed by atoms with van der Waals surface area (Å²) in [6.45, 7) is 1.04. The van der Waals surface area contributed by atoms with Gasteiger partial charge in [0.2, 0.25) is 5.13 Å². The van der Waals surface area contributed by atoms with E-state index >= 15 is 0 Å². The van der Waals surface area contributed by atoms with Gasteiger partial charge in [0.25, 0.3) is 5.91 Å². The molecule has 27 heavy (non-hydrogen) atoms. The van der Waals surface area contributed by atoms with Crippen molar-refractivity contribution in [2.45, 2.75) is 32.0 Å². The van der Waals surface area contributed by atoms with Crippen LogP contribution >= 0.6 is 11.5 Å². The van der Waals surface area contributed by atoms with Crippen LogP contribution in [0.3, 0.4) is 0 Å². The van der Waals surface area contributed by atoms with Crippen LogP contribution in [0.4, 0.5) is 14.3 Å². The minimum absolute atomic E-state index is 0.0929. The number of anilines is 1. The number of ether oxygens (including phenoxy) is 1. The molecule has 1 aromatic heterocycles. The van der Waals surface area contributed by atoms with Gasteiger partial charge < -0.3 is 15.0 Å². The summed E-state index contributed by atoms with van der Waals surface area (Å²) in [5, 5.41) is 5.52. The van der Waals surface area contributed by atoms with Crippen molar-refractivity contribution in [3.63, 3.8) is 0 Å². The molecular formula is C17H20FN5O3S. The number of hydrogen-bond donors (Lipinski definition) is 2. The van der Waals surface area contributed by atoms with Crippen molar-refractivity contribution in [3.05, 3.63) is 41.5 Å². The van der Waals surface area contributed by atoms with Gasteiger partial charge in [0.15, 0.2) is 5.82 Å². The number of hydrogen-bond acceptors (Lipinski definition) is 6. The quantitative estimate of drug-likeness (QED) is 0.784. The normalized spacial score (nSPS) is 16.1. The highest BCUT2D eigenvalue weighted by Crippen LogP contribution is 2.16. The maximum atomic E-state index is 13.1. The molecule has 0 bridgehead atoms. The van der Waals surface area contributed by atoms with Crippen LogP contribution in [-0.2, 0) is 22.6 Å². The molecule has 3 rings (SSSR count). The molecule has 1 aromatic carbocycles. The molecule has 0 saturated carbocycles. The predicted molar refractivity (Wildman–Crippen MR) is 97.6 cm³/mol. The van der Waals surface area contributed by atoms with Crippen LogP contribution in [0, 0.1) is 5.82 Å². The number of nitrogens with one attached hydrogen (secondary N) is 2. The standard InChI is InChI=1S/C17H20FN5O3S/c1-23(15(24)13-6-3-7-26-13)10-14-20-17(27-22-14)21-16(25)19-9-11-4-2-5-12(18)8-11/h2,4-5,8,13H,3,6-7,9-10H2,1H3,(H2,19,20,21,22,25)/t13-/m1/s1. The van der Waals surface area contributed by atoms with E-state index in [9.17, 15) is 14.0 Å². The van der Waals surface area contributed by atoms with Gasteiger partial charge in [0.1, 0.15) is 11.9 Å². The number of likely N-dealkylation sites (N-methyl/N-ethyl adjacent to an activating group) is 1. The molecule has 1 saturated heterocycles. The van der Waals surface area contributed by atoms with Crippen LogP contribution in [-0.4, -0.2) is 46.0 Å². The summed E-state index contributed by atoms with van der Waals surface area (Å²) in [4.78, 5) is 29.9. The first-order valence-electron chi connectivity index (χ1n) is 8.50. The molecule has 1 atom stereocenters. The van der Waals surface area contributed by atoms with E-state index in [2.05, 4.69) is 20.0 Å². The van der Waals surface area contributed by atoms with Crippen LogP contribution in [0.15, 0.2) is 24.3 Å².